The molecule has 0 fully saturated rings. The third-order valence-corrected chi connectivity index (χ3v) is 5.65. The maximum Gasteiger partial charge on any atom is 0.225 e. The number of rotatable bonds is 5. The van der Waals surface area contributed by atoms with Crippen molar-refractivity contribution in [2.24, 2.45) is 0 Å². The van der Waals surface area contributed by atoms with Crippen LogP contribution < -0.4 is 15.0 Å². The van der Waals surface area contributed by atoms with Crippen molar-refractivity contribution in [3.05, 3.63) is 54.1 Å². The van der Waals surface area contributed by atoms with E-state index in [9.17, 15) is 8.42 Å². The third kappa shape index (κ3) is 3.88. The number of aromatic nitrogens is 3. The van der Waals surface area contributed by atoms with Crippen molar-refractivity contribution in [1.29, 1.82) is 0 Å². The van der Waals surface area contributed by atoms with E-state index in [0.29, 0.717) is 23.7 Å². The Bertz CT molecular complexity index is 1160. The molecule has 10 heteroatoms. The zero-order chi connectivity index (χ0) is 19.7. The van der Waals surface area contributed by atoms with Gasteiger partial charge in [0, 0.05) is 18.0 Å². The van der Waals surface area contributed by atoms with Gasteiger partial charge in [-0.25, -0.2) is 18.4 Å². The lowest BCUT2D eigenvalue weighted by atomic mass is 10.2. The number of pyridine rings is 2. The molecule has 0 aromatic carbocycles. The molecule has 3 aromatic heterocycles. The Morgan fingerprint density at radius 2 is 2.07 bits per heavy atom. The van der Waals surface area contributed by atoms with Gasteiger partial charge in [-0.1, -0.05) is 0 Å². The lowest BCUT2D eigenvalue weighted by Gasteiger charge is -2.19. The molecule has 0 atom stereocenters. The Balaban J connectivity index is 1.70. The summed E-state index contributed by atoms with van der Waals surface area (Å²) in [5, 5.41) is 0.865. The van der Waals surface area contributed by atoms with E-state index < -0.39 is 10.0 Å². The van der Waals surface area contributed by atoms with Crippen molar-refractivity contribution in [1.82, 2.24) is 25.2 Å². The van der Waals surface area contributed by atoms with Crippen LogP contribution in [0.5, 0.6) is 5.75 Å². The number of hydrazine groups is 1. The summed E-state index contributed by atoms with van der Waals surface area (Å²) in [5.41, 5.74) is 6.33. The summed E-state index contributed by atoms with van der Waals surface area (Å²) in [7, 11) is -3.41. The van der Waals surface area contributed by atoms with Gasteiger partial charge in [-0.15, -0.1) is 16.2 Å². The molecule has 4 rings (SSSR count). The summed E-state index contributed by atoms with van der Waals surface area (Å²) in [6.07, 6.45) is 6.31. The van der Waals surface area contributed by atoms with Crippen molar-refractivity contribution in [3.8, 4) is 26.9 Å². The van der Waals surface area contributed by atoms with Crippen molar-refractivity contribution < 1.29 is 13.2 Å². The fourth-order valence-corrected chi connectivity index (χ4v) is 4.02. The second-order valence-electron chi connectivity index (χ2n) is 6.15. The average molecular weight is 416 g/mol. The van der Waals surface area contributed by atoms with E-state index in [4.69, 9.17) is 9.72 Å². The van der Waals surface area contributed by atoms with Crippen molar-refractivity contribution >= 4 is 27.1 Å². The Hall–Kier alpha value is -2.82. The number of hydrogen-bond donors (Lipinski definition) is 2. The highest BCUT2D eigenvalue weighted by Crippen LogP contribution is 2.36. The molecule has 0 bridgehead atoms. The van der Waals surface area contributed by atoms with E-state index in [2.05, 4.69) is 20.2 Å². The molecule has 0 radical (unpaired) electrons. The minimum atomic E-state index is -3.41. The molecule has 0 saturated heterocycles. The summed E-state index contributed by atoms with van der Waals surface area (Å²) < 4.78 is 28.4. The molecule has 28 heavy (non-hydrogen) atoms. The SMILES string of the molecule is Cc1nc(-c2cccnc2)sc1-c1ccc2c(n1)C(NNS(C)(=O)=O)=CCO2. The molecule has 1 aliphatic heterocycles. The third-order valence-electron chi connectivity index (χ3n) is 3.95. The van der Waals surface area contributed by atoms with Crippen molar-refractivity contribution in [3.63, 3.8) is 0 Å². The first-order valence-corrected chi connectivity index (χ1v) is 11.1. The second-order valence-corrected chi connectivity index (χ2v) is 8.89. The largest absolute Gasteiger partial charge is 0.487 e. The van der Waals surface area contributed by atoms with Crippen LogP contribution in [0.2, 0.25) is 0 Å². The molecule has 0 spiro atoms. The first kappa shape index (κ1) is 18.5. The topological polar surface area (TPSA) is 106 Å². The number of thiazole rings is 1. The van der Waals surface area contributed by atoms with E-state index >= 15 is 0 Å². The molecule has 8 nitrogen and oxygen atoms in total. The molecule has 1 aliphatic rings. The number of fused-ring (bicyclic) bond motifs is 1. The molecule has 0 unspecified atom stereocenters. The molecule has 0 aliphatic carbocycles. The van der Waals surface area contributed by atoms with Crippen LogP contribution in [-0.4, -0.2) is 36.2 Å². The molecular formula is C18H17N5O3S2. The van der Waals surface area contributed by atoms with E-state index in [1.165, 1.54) is 11.3 Å². The summed E-state index contributed by atoms with van der Waals surface area (Å²) in [5.74, 6) is 0.582. The van der Waals surface area contributed by atoms with Crippen LogP contribution in [0.1, 0.15) is 11.4 Å². The number of aryl methyl sites for hydroxylation is 1. The Morgan fingerprint density at radius 1 is 1.21 bits per heavy atom. The smallest absolute Gasteiger partial charge is 0.225 e. The van der Waals surface area contributed by atoms with Crippen LogP contribution >= 0.6 is 11.3 Å². The van der Waals surface area contributed by atoms with E-state index in [1.54, 1.807) is 18.5 Å². The van der Waals surface area contributed by atoms with Crippen LogP contribution in [0.25, 0.3) is 26.8 Å². The molecule has 2 N–H and O–H groups in total. The summed E-state index contributed by atoms with van der Waals surface area (Å²) >= 11 is 1.53. The maximum atomic E-state index is 11.4. The maximum absolute atomic E-state index is 11.4. The normalized spacial score (nSPS) is 13.4. The summed E-state index contributed by atoms with van der Waals surface area (Å²) in [4.78, 5) is 16.7. The fraction of sp³-hybridized carbons (Fsp3) is 0.167. The number of nitrogens with zero attached hydrogens (tertiary/aromatic N) is 3. The van der Waals surface area contributed by atoms with Gasteiger partial charge in [0.2, 0.25) is 10.0 Å². The van der Waals surface area contributed by atoms with Gasteiger partial charge in [-0.05, 0) is 37.3 Å². The molecule has 144 valence electrons. The quantitative estimate of drug-likeness (QED) is 0.616. The molecular weight excluding hydrogens is 398 g/mol. The molecule has 0 amide bonds. The Labute approximate surface area is 166 Å². The molecule has 0 saturated carbocycles. The summed E-state index contributed by atoms with van der Waals surface area (Å²) in [6.45, 7) is 2.26. The molecule has 4 heterocycles. The van der Waals surface area contributed by atoms with Crippen molar-refractivity contribution in [2.45, 2.75) is 6.92 Å². The zero-order valence-electron chi connectivity index (χ0n) is 15.1. The second kappa shape index (κ2) is 7.30. The fourth-order valence-electron chi connectivity index (χ4n) is 2.70. The monoisotopic (exact) mass is 415 g/mol. The minimum absolute atomic E-state index is 0.326. The van der Waals surface area contributed by atoms with Crippen LogP contribution in [0.4, 0.5) is 0 Å². The Morgan fingerprint density at radius 3 is 2.82 bits per heavy atom. The summed E-state index contributed by atoms with van der Waals surface area (Å²) in [6, 6.07) is 7.54. The van der Waals surface area contributed by atoms with Crippen LogP contribution in [0.15, 0.2) is 42.7 Å². The average Bonchev–Trinajstić information content (AvgIpc) is 3.08. The first-order valence-electron chi connectivity index (χ1n) is 8.36. The highest BCUT2D eigenvalue weighted by molar-refractivity contribution is 7.88. The Kier molecular flexibility index (Phi) is 4.84. The van der Waals surface area contributed by atoms with Crippen molar-refractivity contribution in [2.75, 3.05) is 12.9 Å². The predicted molar refractivity (Wildman–Crippen MR) is 108 cm³/mol. The van der Waals surface area contributed by atoms with E-state index in [-0.39, 0.29) is 0 Å². The van der Waals surface area contributed by atoms with Gasteiger partial charge >= 0.3 is 0 Å². The van der Waals surface area contributed by atoms with Gasteiger partial charge in [0.25, 0.3) is 0 Å². The first-order chi connectivity index (χ1) is 13.4. The van der Waals surface area contributed by atoms with E-state index in [0.717, 1.165) is 33.1 Å². The molecule has 3 aromatic rings. The number of hydrogen-bond acceptors (Lipinski definition) is 8. The van der Waals surface area contributed by atoms with Gasteiger partial charge in [0.15, 0.2) is 0 Å². The number of ether oxygens (including phenoxy) is 1. The predicted octanol–water partition coefficient (Wildman–Crippen LogP) is 2.36. The standard InChI is InChI=1S/C18H17N5O3S2/c1-11-17(27-18(20-11)12-4-3-8-19-10-12)14-5-6-15-16(21-14)13(7-9-26-15)22-23-28(2,24)25/h3-8,10,22-23H,9H2,1-2H3. The van der Waals surface area contributed by atoms with Gasteiger partial charge < -0.3 is 10.2 Å². The highest BCUT2D eigenvalue weighted by Gasteiger charge is 2.20. The van der Waals surface area contributed by atoms with Crippen LogP contribution in [0, 0.1) is 6.92 Å². The number of sulfonamides is 1. The lowest BCUT2D eigenvalue weighted by molar-refractivity contribution is 0.353. The lowest BCUT2D eigenvalue weighted by Crippen LogP contribution is -2.36. The number of nitrogens with one attached hydrogen (secondary N) is 2. The van der Waals surface area contributed by atoms with Gasteiger partial charge in [-0.2, -0.15) is 0 Å². The van der Waals surface area contributed by atoms with E-state index in [1.807, 2.05) is 31.2 Å². The van der Waals surface area contributed by atoms with Gasteiger partial charge in [0.05, 0.1) is 28.2 Å². The minimum Gasteiger partial charge on any atom is -0.487 e. The zero-order valence-corrected chi connectivity index (χ0v) is 16.8. The van der Waals surface area contributed by atoms with Gasteiger partial charge in [-0.3, -0.25) is 4.98 Å². The van der Waals surface area contributed by atoms with Crippen LogP contribution in [0.3, 0.4) is 0 Å². The van der Waals surface area contributed by atoms with Gasteiger partial charge in [0.1, 0.15) is 23.1 Å². The highest BCUT2D eigenvalue weighted by atomic mass is 32.2. The van der Waals surface area contributed by atoms with Crippen LogP contribution in [-0.2, 0) is 10.0 Å².